The Morgan fingerprint density at radius 1 is 1.37 bits per heavy atom. The second kappa shape index (κ2) is 4.71. The lowest BCUT2D eigenvalue weighted by molar-refractivity contribution is -0.178. The van der Waals surface area contributed by atoms with Gasteiger partial charge in [-0.2, -0.15) is 0 Å². The van der Waals surface area contributed by atoms with E-state index in [-0.39, 0.29) is 24.4 Å². The van der Waals surface area contributed by atoms with Crippen LogP contribution in [0.5, 0.6) is 0 Å². The van der Waals surface area contributed by atoms with Crippen LogP contribution >= 0.6 is 0 Å². The summed E-state index contributed by atoms with van der Waals surface area (Å²) in [4.78, 5) is 3.52. The average Bonchev–Trinajstić information content (AvgIpc) is 2.70. The maximum Gasteiger partial charge on any atom is 0.223 e. The van der Waals surface area contributed by atoms with Crippen molar-refractivity contribution in [1.29, 1.82) is 0 Å². The molecule has 3 rings (SSSR count). The van der Waals surface area contributed by atoms with E-state index in [0.717, 1.165) is 19.3 Å². The van der Waals surface area contributed by atoms with Gasteiger partial charge in [0.2, 0.25) is 6.04 Å². The van der Waals surface area contributed by atoms with E-state index >= 15 is 0 Å². The SMILES string of the molecule is [C-]#[N+][C@H](C)C[C@H]1CC[C@@H]2O[C@@H]3C[C@]2(C[C@@H](O)[C@H]3O)O1. The number of nitrogens with zero attached hydrogens (tertiary/aromatic N) is 1. The van der Waals surface area contributed by atoms with Gasteiger partial charge in [-0.25, -0.2) is 6.57 Å². The van der Waals surface area contributed by atoms with Crippen LogP contribution in [0.3, 0.4) is 0 Å². The van der Waals surface area contributed by atoms with E-state index in [2.05, 4.69) is 4.85 Å². The van der Waals surface area contributed by atoms with Crippen LogP contribution < -0.4 is 0 Å². The van der Waals surface area contributed by atoms with Crippen LogP contribution in [-0.4, -0.2) is 52.4 Å². The Balaban J connectivity index is 1.73. The number of ether oxygens (including phenoxy) is 2. The maximum absolute atomic E-state index is 9.95. The minimum absolute atomic E-state index is 0.0104. The van der Waals surface area contributed by atoms with Crippen LogP contribution in [0.2, 0.25) is 0 Å². The zero-order valence-electron chi connectivity index (χ0n) is 11.2. The minimum atomic E-state index is -0.791. The molecule has 0 aromatic carbocycles. The summed E-state index contributed by atoms with van der Waals surface area (Å²) in [6, 6.07) is -0.0322. The van der Waals surface area contributed by atoms with Gasteiger partial charge < -0.3 is 24.5 Å². The fourth-order valence-corrected chi connectivity index (χ4v) is 3.82. The van der Waals surface area contributed by atoms with Gasteiger partial charge in [0, 0.05) is 26.2 Å². The number of hydrogen-bond donors (Lipinski definition) is 2. The molecule has 2 N–H and O–H groups in total. The number of fused-ring (bicyclic) bond motifs is 1. The van der Waals surface area contributed by atoms with Gasteiger partial charge in [0.05, 0.1) is 30.0 Å². The van der Waals surface area contributed by atoms with Crippen LogP contribution in [0.4, 0.5) is 0 Å². The molecule has 0 amide bonds. The Labute approximate surface area is 113 Å². The molecule has 5 heteroatoms. The van der Waals surface area contributed by atoms with Gasteiger partial charge in [-0.1, -0.05) is 0 Å². The van der Waals surface area contributed by atoms with Crippen molar-refractivity contribution in [3.63, 3.8) is 0 Å². The molecule has 0 radical (unpaired) electrons. The first-order chi connectivity index (χ1) is 9.04. The lowest BCUT2D eigenvalue weighted by Crippen LogP contribution is -2.54. The molecule has 2 bridgehead atoms. The van der Waals surface area contributed by atoms with Gasteiger partial charge >= 0.3 is 0 Å². The summed E-state index contributed by atoms with van der Waals surface area (Å²) in [5.41, 5.74) is -0.437. The quantitative estimate of drug-likeness (QED) is 0.729. The van der Waals surface area contributed by atoms with Crippen LogP contribution in [0.25, 0.3) is 4.85 Å². The molecule has 0 unspecified atom stereocenters. The fourth-order valence-electron chi connectivity index (χ4n) is 3.82. The number of aliphatic hydroxyl groups excluding tert-OH is 2. The van der Waals surface area contributed by atoms with Crippen molar-refractivity contribution in [3.05, 3.63) is 11.4 Å². The van der Waals surface area contributed by atoms with E-state index in [9.17, 15) is 10.2 Å². The van der Waals surface area contributed by atoms with Gasteiger partial charge in [-0.3, -0.25) is 0 Å². The summed E-state index contributed by atoms with van der Waals surface area (Å²) >= 11 is 0. The smallest absolute Gasteiger partial charge is 0.223 e. The van der Waals surface area contributed by atoms with E-state index in [0.29, 0.717) is 12.8 Å². The maximum atomic E-state index is 9.95. The van der Waals surface area contributed by atoms with Crippen molar-refractivity contribution in [1.82, 2.24) is 0 Å². The van der Waals surface area contributed by atoms with Crippen LogP contribution in [0.15, 0.2) is 0 Å². The summed E-state index contributed by atoms with van der Waals surface area (Å²) < 4.78 is 12.1. The molecule has 1 aliphatic carbocycles. The lowest BCUT2D eigenvalue weighted by atomic mass is 9.76. The van der Waals surface area contributed by atoms with Gasteiger partial charge in [0.15, 0.2) is 0 Å². The standard InChI is InChI=1S/C14H21NO4/c1-8(15-2)5-9-3-4-12-14(19-9)6-10(16)13(17)11(7-14)18-12/h8-13,16-17H,3-7H2,1H3/t8-,9-,10-,11-,12+,13-,14+/m1/s1. The second-order valence-corrected chi connectivity index (χ2v) is 6.23. The van der Waals surface area contributed by atoms with Gasteiger partial charge in [-0.05, 0) is 12.8 Å². The highest BCUT2D eigenvalue weighted by molar-refractivity contribution is 5.09. The molecule has 106 valence electrons. The summed E-state index contributed by atoms with van der Waals surface area (Å²) in [5.74, 6) is 0. The van der Waals surface area contributed by atoms with Crippen molar-refractivity contribution >= 4 is 0 Å². The molecule has 1 spiro atoms. The highest BCUT2D eigenvalue weighted by Crippen LogP contribution is 2.49. The summed E-state index contributed by atoms with van der Waals surface area (Å²) in [5, 5.41) is 19.8. The number of hydrogen-bond acceptors (Lipinski definition) is 4. The average molecular weight is 267 g/mol. The lowest BCUT2D eigenvalue weighted by Gasteiger charge is -2.44. The molecule has 19 heavy (non-hydrogen) atoms. The Kier molecular flexibility index (Phi) is 3.30. The van der Waals surface area contributed by atoms with Crippen LogP contribution in [0.1, 0.15) is 39.0 Å². The molecule has 2 heterocycles. The van der Waals surface area contributed by atoms with E-state index in [1.807, 2.05) is 6.92 Å². The predicted octanol–water partition coefficient (Wildman–Crippen LogP) is 0.885. The second-order valence-electron chi connectivity index (χ2n) is 6.23. The van der Waals surface area contributed by atoms with Crippen molar-refractivity contribution in [2.75, 3.05) is 0 Å². The molecule has 7 atom stereocenters. The summed E-state index contributed by atoms with van der Waals surface area (Å²) in [6.07, 6.45) is 1.84. The van der Waals surface area contributed by atoms with Crippen molar-refractivity contribution < 1.29 is 19.7 Å². The number of aliphatic hydroxyl groups is 2. The normalized spacial score (nSPS) is 50.3. The Morgan fingerprint density at radius 3 is 2.89 bits per heavy atom. The van der Waals surface area contributed by atoms with Gasteiger partial charge in [0.25, 0.3) is 0 Å². The highest BCUT2D eigenvalue weighted by Gasteiger charge is 2.59. The van der Waals surface area contributed by atoms with Crippen molar-refractivity contribution in [2.45, 2.75) is 81.2 Å². The third kappa shape index (κ3) is 2.17. The molecular weight excluding hydrogens is 246 g/mol. The van der Waals surface area contributed by atoms with Crippen molar-refractivity contribution in [3.8, 4) is 0 Å². The summed E-state index contributed by atoms with van der Waals surface area (Å²) in [7, 11) is 0. The van der Waals surface area contributed by atoms with Crippen LogP contribution in [-0.2, 0) is 9.47 Å². The molecule has 0 aromatic heterocycles. The van der Waals surface area contributed by atoms with E-state index in [1.54, 1.807) is 0 Å². The topological polar surface area (TPSA) is 63.3 Å². The van der Waals surface area contributed by atoms with Gasteiger partial charge in [0.1, 0.15) is 6.10 Å². The Morgan fingerprint density at radius 2 is 2.16 bits per heavy atom. The molecule has 2 saturated heterocycles. The Bertz CT molecular complexity index is 395. The zero-order chi connectivity index (χ0) is 13.6. The van der Waals surface area contributed by atoms with Gasteiger partial charge in [-0.15, -0.1) is 0 Å². The third-order valence-electron chi connectivity index (χ3n) is 4.78. The molecule has 3 aliphatic rings. The van der Waals surface area contributed by atoms with E-state index < -0.39 is 17.8 Å². The fraction of sp³-hybridized carbons (Fsp3) is 0.929. The monoisotopic (exact) mass is 267 g/mol. The molecule has 3 fully saturated rings. The largest absolute Gasteiger partial charge is 0.390 e. The van der Waals surface area contributed by atoms with Crippen molar-refractivity contribution in [2.24, 2.45) is 0 Å². The first kappa shape index (κ1) is 13.3. The summed E-state index contributed by atoms with van der Waals surface area (Å²) in [6.45, 7) is 8.95. The first-order valence-corrected chi connectivity index (χ1v) is 7.10. The predicted molar refractivity (Wildman–Crippen MR) is 67.4 cm³/mol. The minimum Gasteiger partial charge on any atom is -0.390 e. The zero-order valence-corrected chi connectivity index (χ0v) is 11.2. The van der Waals surface area contributed by atoms with E-state index in [4.69, 9.17) is 16.0 Å². The molecule has 0 aromatic rings. The third-order valence-corrected chi connectivity index (χ3v) is 4.78. The van der Waals surface area contributed by atoms with Crippen LogP contribution in [0, 0.1) is 6.57 Å². The number of rotatable bonds is 2. The first-order valence-electron chi connectivity index (χ1n) is 7.10. The Hall–Kier alpha value is -0.670. The molecule has 2 aliphatic heterocycles. The highest BCUT2D eigenvalue weighted by atomic mass is 16.6. The molecule has 5 nitrogen and oxygen atoms in total. The molecular formula is C14H21NO4. The molecule has 1 saturated carbocycles. The van der Waals surface area contributed by atoms with E-state index in [1.165, 1.54) is 0 Å².